The van der Waals surface area contributed by atoms with E-state index >= 15 is 0 Å². The maximum Gasteiger partial charge on any atom is 0.336 e. The van der Waals surface area contributed by atoms with Crippen molar-refractivity contribution in [1.82, 2.24) is 0 Å². The first kappa shape index (κ1) is 12.6. The predicted octanol–water partition coefficient (Wildman–Crippen LogP) is 4.08. The van der Waals surface area contributed by atoms with Gasteiger partial charge in [0.15, 0.2) is 0 Å². The smallest absolute Gasteiger partial charge is 0.336 e. The molecule has 18 heavy (non-hydrogen) atoms. The molecule has 0 saturated heterocycles. The van der Waals surface area contributed by atoms with Gasteiger partial charge in [0.25, 0.3) is 0 Å². The molecule has 0 heterocycles. The second-order valence-corrected chi connectivity index (χ2v) is 4.36. The second-order valence-electron chi connectivity index (χ2n) is 3.50. The lowest BCUT2D eigenvalue weighted by atomic mass is 10.2. The van der Waals surface area contributed by atoms with Crippen molar-refractivity contribution < 1.29 is 19.0 Å². The summed E-state index contributed by atoms with van der Waals surface area (Å²) < 4.78 is 18.6. The molecule has 0 amide bonds. The van der Waals surface area contributed by atoms with Gasteiger partial charge in [0.1, 0.15) is 17.3 Å². The average Bonchev–Trinajstić information content (AvgIpc) is 2.32. The Labute approximate surface area is 111 Å². The number of carboxylic acids is 1. The number of ether oxygens (including phenoxy) is 1. The quantitative estimate of drug-likeness (QED) is 0.929. The van der Waals surface area contributed by atoms with E-state index in [0.29, 0.717) is 16.0 Å². The maximum atomic E-state index is 12.7. The fourth-order valence-corrected chi connectivity index (χ4v) is 1.90. The standard InChI is InChI=1S/C13H8BrFO3/c14-12-7-10(5-6-11(12)13(16)17)18-9-3-1-8(15)2-4-9/h1-7H,(H,16,17). The van der Waals surface area contributed by atoms with Crippen LogP contribution in [0.1, 0.15) is 10.4 Å². The van der Waals surface area contributed by atoms with E-state index in [-0.39, 0.29) is 11.4 Å². The normalized spacial score (nSPS) is 10.1. The summed E-state index contributed by atoms with van der Waals surface area (Å²) in [6.45, 7) is 0. The van der Waals surface area contributed by atoms with Crippen LogP contribution in [0.2, 0.25) is 0 Å². The monoisotopic (exact) mass is 310 g/mol. The summed E-state index contributed by atoms with van der Waals surface area (Å²) in [5, 5.41) is 8.86. The van der Waals surface area contributed by atoms with E-state index < -0.39 is 5.97 Å². The third kappa shape index (κ3) is 2.87. The SMILES string of the molecule is O=C(O)c1ccc(Oc2ccc(F)cc2)cc1Br. The number of carboxylic acid groups (broad SMARTS) is 1. The summed E-state index contributed by atoms with van der Waals surface area (Å²) >= 11 is 3.15. The molecule has 0 aromatic heterocycles. The zero-order valence-electron chi connectivity index (χ0n) is 9.06. The van der Waals surface area contributed by atoms with Crippen LogP contribution < -0.4 is 4.74 Å². The predicted molar refractivity (Wildman–Crippen MR) is 67.6 cm³/mol. The first-order valence-electron chi connectivity index (χ1n) is 5.02. The van der Waals surface area contributed by atoms with Gasteiger partial charge >= 0.3 is 5.97 Å². The number of hydrogen-bond donors (Lipinski definition) is 1. The van der Waals surface area contributed by atoms with Gasteiger partial charge in [-0.15, -0.1) is 0 Å². The molecule has 0 aliphatic heterocycles. The van der Waals surface area contributed by atoms with Crippen LogP contribution >= 0.6 is 15.9 Å². The molecular weight excluding hydrogens is 303 g/mol. The minimum atomic E-state index is -1.02. The Balaban J connectivity index is 2.22. The average molecular weight is 311 g/mol. The molecule has 0 saturated carbocycles. The molecule has 0 spiro atoms. The fourth-order valence-electron chi connectivity index (χ4n) is 1.37. The van der Waals surface area contributed by atoms with Crippen molar-refractivity contribution in [2.45, 2.75) is 0 Å². The van der Waals surface area contributed by atoms with Crippen LogP contribution in [-0.2, 0) is 0 Å². The molecule has 0 bridgehead atoms. The van der Waals surface area contributed by atoms with E-state index in [9.17, 15) is 9.18 Å². The summed E-state index contributed by atoms with van der Waals surface area (Å²) in [4.78, 5) is 10.8. The van der Waals surface area contributed by atoms with Gasteiger partial charge in [0.05, 0.1) is 5.56 Å². The van der Waals surface area contributed by atoms with Gasteiger partial charge in [-0.05, 0) is 58.4 Å². The van der Waals surface area contributed by atoms with Crippen molar-refractivity contribution in [2.75, 3.05) is 0 Å². The number of aromatic carboxylic acids is 1. The van der Waals surface area contributed by atoms with E-state index in [0.717, 1.165) is 0 Å². The van der Waals surface area contributed by atoms with Crippen molar-refractivity contribution in [2.24, 2.45) is 0 Å². The lowest BCUT2D eigenvalue weighted by Gasteiger charge is -2.07. The van der Waals surface area contributed by atoms with E-state index in [1.807, 2.05) is 0 Å². The highest BCUT2D eigenvalue weighted by Gasteiger charge is 2.09. The van der Waals surface area contributed by atoms with Crippen molar-refractivity contribution in [3.8, 4) is 11.5 Å². The second kappa shape index (κ2) is 5.18. The molecule has 5 heteroatoms. The van der Waals surface area contributed by atoms with Gasteiger partial charge in [-0.25, -0.2) is 9.18 Å². The van der Waals surface area contributed by atoms with Crippen molar-refractivity contribution in [3.63, 3.8) is 0 Å². The Hall–Kier alpha value is -1.88. The highest BCUT2D eigenvalue weighted by Crippen LogP contribution is 2.27. The van der Waals surface area contributed by atoms with E-state index in [1.54, 1.807) is 6.07 Å². The van der Waals surface area contributed by atoms with E-state index in [4.69, 9.17) is 9.84 Å². The number of carbonyl (C=O) groups is 1. The maximum absolute atomic E-state index is 12.7. The Morgan fingerprint density at radius 3 is 2.28 bits per heavy atom. The minimum absolute atomic E-state index is 0.154. The molecule has 92 valence electrons. The first-order valence-corrected chi connectivity index (χ1v) is 5.82. The summed E-state index contributed by atoms with van der Waals surface area (Å²) in [5.74, 6) is -0.412. The molecule has 1 N–H and O–H groups in total. The van der Waals surface area contributed by atoms with Gasteiger partial charge in [-0.1, -0.05) is 0 Å². The molecular formula is C13H8BrFO3. The topological polar surface area (TPSA) is 46.5 Å². The molecule has 0 atom stereocenters. The van der Waals surface area contributed by atoms with E-state index in [2.05, 4.69) is 15.9 Å². The zero-order valence-corrected chi connectivity index (χ0v) is 10.6. The summed E-state index contributed by atoms with van der Waals surface area (Å²) in [6.07, 6.45) is 0. The number of rotatable bonds is 3. The highest BCUT2D eigenvalue weighted by atomic mass is 79.9. The Kier molecular flexibility index (Phi) is 3.62. The molecule has 0 aliphatic carbocycles. The zero-order chi connectivity index (χ0) is 13.1. The van der Waals surface area contributed by atoms with Gasteiger partial charge in [0.2, 0.25) is 0 Å². The number of hydrogen-bond acceptors (Lipinski definition) is 2. The molecule has 0 unspecified atom stereocenters. The fraction of sp³-hybridized carbons (Fsp3) is 0. The highest BCUT2D eigenvalue weighted by molar-refractivity contribution is 9.10. The lowest BCUT2D eigenvalue weighted by Crippen LogP contribution is -1.97. The van der Waals surface area contributed by atoms with Crippen LogP contribution in [0.15, 0.2) is 46.9 Å². The van der Waals surface area contributed by atoms with Crippen molar-refractivity contribution in [3.05, 3.63) is 58.3 Å². The third-order valence-electron chi connectivity index (χ3n) is 2.22. The molecule has 2 aromatic rings. The Bertz CT molecular complexity index is 581. The van der Waals surface area contributed by atoms with Crippen molar-refractivity contribution >= 4 is 21.9 Å². The molecule has 0 fully saturated rings. The van der Waals surface area contributed by atoms with Crippen LogP contribution in [0.4, 0.5) is 4.39 Å². The minimum Gasteiger partial charge on any atom is -0.478 e. The Morgan fingerprint density at radius 2 is 1.72 bits per heavy atom. The molecule has 0 aliphatic rings. The van der Waals surface area contributed by atoms with Crippen molar-refractivity contribution in [1.29, 1.82) is 0 Å². The van der Waals surface area contributed by atoms with Gasteiger partial charge in [-0.2, -0.15) is 0 Å². The van der Waals surface area contributed by atoms with Crippen LogP contribution in [0.5, 0.6) is 11.5 Å². The van der Waals surface area contributed by atoms with Gasteiger partial charge in [-0.3, -0.25) is 0 Å². The summed E-state index contributed by atoms with van der Waals surface area (Å²) in [6, 6.07) is 10.1. The number of halogens is 2. The van der Waals surface area contributed by atoms with Crippen LogP contribution in [0.25, 0.3) is 0 Å². The first-order chi connectivity index (χ1) is 8.56. The van der Waals surface area contributed by atoms with Crippen LogP contribution in [-0.4, -0.2) is 11.1 Å². The summed E-state index contributed by atoms with van der Waals surface area (Å²) in [5.41, 5.74) is 0.154. The largest absolute Gasteiger partial charge is 0.478 e. The molecule has 2 rings (SSSR count). The van der Waals surface area contributed by atoms with Crippen LogP contribution in [0, 0.1) is 5.82 Å². The van der Waals surface area contributed by atoms with E-state index in [1.165, 1.54) is 36.4 Å². The summed E-state index contributed by atoms with van der Waals surface area (Å²) in [7, 11) is 0. The molecule has 3 nitrogen and oxygen atoms in total. The van der Waals surface area contributed by atoms with Crippen LogP contribution in [0.3, 0.4) is 0 Å². The molecule has 2 aromatic carbocycles. The lowest BCUT2D eigenvalue weighted by molar-refractivity contribution is 0.0696. The Morgan fingerprint density at radius 1 is 1.11 bits per heavy atom. The van der Waals surface area contributed by atoms with Gasteiger partial charge in [0, 0.05) is 4.47 Å². The van der Waals surface area contributed by atoms with Gasteiger partial charge < -0.3 is 9.84 Å². The molecule has 0 radical (unpaired) electrons. The number of benzene rings is 2. The third-order valence-corrected chi connectivity index (χ3v) is 2.88.